The summed E-state index contributed by atoms with van der Waals surface area (Å²) in [4.78, 5) is 10.5. The first-order chi connectivity index (χ1) is 14.2. The van der Waals surface area contributed by atoms with Crippen molar-refractivity contribution in [3.05, 3.63) is 58.6 Å². The van der Waals surface area contributed by atoms with Gasteiger partial charge in [0.1, 0.15) is 4.83 Å². The SMILES string of the molecule is Cc1ccccc1N1[C@@H](C)c2sc3ncccc3c2C12C1CC3CC(C1)CC2C3. The lowest BCUT2D eigenvalue weighted by molar-refractivity contribution is -0.0596. The molecule has 3 heterocycles. The highest BCUT2D eigenvalue weighted by Crippen LogP contribution is 2.70. The maximum Gasteiger partial charge on any atom is 0.123 e. The molecule has 0 radical (unpaired) electrons. The molecule has 4 fully saturated rings. The summed E-state index contributed by atoms with van der Waals surface area (Å²) in [5, 5.41) is 1.45. The van der Waals surface area contributed by atoms with Gasteiger partial charge in [-0.1, -0.05) is 24.3 Å². The summed E-state index contributed by atoms with van der Waals surface area (Å²) < 4.78 is 0. The van der Waals surface area contributed by atoms with E-state index in [2.05, 4.69) is 55.1 Å². The molecular weight excluding hydrogens is 372 g/mol. The lowest BCUT2D eigenvalue weighted by Crippen LogP contribution is -2.62. The second-order valence-corrected chi connectivity index (χ2v) is 11.2. The summed E-state index contributed by atoms with van der Waals surface area (Å²) in [6, 6.07) is 14.1. The van der Waals surface area contributed by atoms with E-state index < -0.39 is 0 Å². The van der Waals surface area contributed by atoms with Gasteiger partial charge in [-0.2, -0.15) is 0 Å². The van der Waals surface area contributed by atoms with Crippen LogP contribution in [-0.4, -0.2) is 4.98 Å². The Morgan fingerprint density at radius 2 is 1.69 bits per heavy atom. The molecule has 1 spiro atoms. The van der Waals surface area contributed by atoms with Gasteiger partial charge in [0.2, 0.25) is 0 Å². The minimum atomic E-state index is 0.176. The Kier molecular flexibility index (Phi) is 3.28. The zero-order valence-electron chi connectivity index (χ0n) is 17.3. The molecule has 148 valence electrons. The molecule has 4 aliphatic carbocycles. The molecule has 4 bridgehead atoms. The molecule has 8 rings (SSSR count). The predicted molar refractivity (Wildman–Crippen MR) is 120 cm³/mol. The van der Waals surface area contributed by atoms with Gasteiger partial charge in [-0.3, -0.25) is 0 Å². The van der Waals surface area contributed by atoms with Crippen LogP contribution in [0.5, 0.6) is 0 Å². The maximum atomic E-state index is 4.79. The van der Waals surface area contributed by atoms with Gasteiger partial charge in [0.05, 0.1) is 11.6 Å². The van der Waals surface area contributed by atoms with Crippen LogP contribution in [-0.2, 0) is 5.54 Å². The summed E-state index contributed by atoms with van der Waals surface area (Å²) in [6.07, 6.45) is 9.19. The Bertz CT molecular complexity index is 1100. The van der Waals surface area contributed by atoms with Gasteiger partial charge < -0.3 is 4.90 Å². The minimum Gasteiger partial charge on any atom is -0.353 e. The van der Waals surface area contributed by atoms with Gasteiger partial charge in [0, 0.05) is 27.7 Å². The zero-order chi connectivity index (χ0) is 19.3. The van der Waals surface area contributed by atoms with Gasteiger partial charge in [0.15, 0.2) is 0 Å². The van der Waals surface area contributed by atoms with Crippen LogP contribution in [0.1, 0.15) is 61.1 Å². The summed E-state index contributed by atoms with van der Waals surface area (Å²) in [7, 11) is 0. The summed E-state index contributed by atoms with van der Waals surface area (Å²) in [6.45, 7) is 4.76. The summed E-state index contributed by atoms with van der Waals surface area (Å²) in [5.74, 6) is 3.54. The van der Waals surface area contributed by atoms with Crippen LogP contribution in [0, 0.1) is 30.6 Å². The van der Waals surface area contributed by atoms with Crippen molar-refractivity contribution in [2.24, 2.45) is 23.7 Å². The van der Waals surface area contributed by atoms with E-state index in [1.165, 1.54) is 53.6 Å². The average Bonchev–Trinajstić information content (AvgIpc) is 3.21. The van der Waals surface area contributed by atoms with Gasteiger partial charge in [-0.15, -0.1) is 11.3 Å². The summed E-state index contributed by atoms with van der Waals surface area (Å²) in [5.41, 5.74) is 4.74. The van der Waals surface area contributed by atoms with Crippen LogP contribution >= 0.6 is 11.3 Å². The molecule has 2 nitrogen and oxygen atoms in total. The number of hydrogen-bond donors (Lipinski definition) is 0. The highest BCUT2D eigenvalue weighted by molar-refractivity contribution is 7.19. The quantitative estimate of drug-likeness (QED) is 0.445. The first-order valence-electron chi connectivity index (χ1n) is 11.4. The standard InChI is InChI=1S/C26H28N2S/c1-15-6-3-4-8-22(15)28-16(2)24-23(21-7-5-9-27-25(21)29-24)26(28)19-11-17-10-18(13-19)14-20(26)12-17/h3-9,16-20H,10-14H2,1-2H3/t16-,17?,18?,19?,20?,26?/m0/s1. The van der Waals surface area contributed by atoms with Crippen molar-refractivity contribution in [1.82, 2.24) is 4.98 Å². The number of anilines is 1. The Balaban J connectivity index is 1.55. The molecule has 5 aliphatic rings. The number of pyridine rings is 1. The van der Waals surface area contributed by atoms with E-state index >= 15 is 0 Å². The number of hydrogen-bond acceptors (Lipinski definition) is 3. The Labute approximate surface area is 177 Å². The molecule has 0 amide bonds. The number of nitrogens with zero attached hydrogens (tertiary/aromatic N) is 2. The molecular formula is C26H28N2S. The van der Waals surface area contributed by atoms with Crippen LogP contribution < -0.4 is 4.90 Å². The van der Waals surface area contributed by atoms with Gasteiger partial charge in [0.25, 0.3) is 0 Å². The third-order valence-corrected chi connectivity index (χ3v) is 10.1. The molecule has 3 aromatic rings. The van der Waals surface area contributed by atoms with Crippen LogP contribution in [0.2, 0.25) is 0 Å². The molecule has 3 heteroatoms. The minimum absolute atomic E-state index is 0.176. The van der Waals surface area contributed by atoms with Crippen molar-refractivity contribution in [2.75, 3.05) is 4.90 Å². The number of para-hydroxylation sites is 1. The summed E-state index contributed by atoms with van der Waals surface area (Å²) >= 11 is 1.96. The van der Waals surface area contributed by atoms with E-state index in [0.29, 0.717) is 6.04 Å². The predicted octanol–water partition coefficient (Wildman–Crippen LogP) is 6.84. The van der Waals surface area contributed by atoms with Gasteiger partial charge >= 0.3 is 0 Å². The third-order valence-electron chi connectivity index (χ3n) is 8.82. The highest BCUT2D eigenvalue weighted by Gasteiger charge is 2.65. The van der Waals surface area contributed by atoms with Gasteiger partial charge in [-0.05, 0) is 87.3 Å². The Hall–Kier alpha value is -1.87. The fourth-order valence-electron chi connectivity index (χ4n) is 8.16. The van der Waals surface area contributed by atoms with Crippen molar-refractivity contribution in [3.8, 4) is 0 Å². The average molecular weight is 401 g/mol. The molecule has 0 saturated heterocycles. The molecule has 0 N–H and O–H groups in total. The smallest absolute Gasteiger partial charge is 0.123 e. The van der Waals surface area contributed by atoms with Crippen molar-refractivity contribution in [2.45, 2.75) is 57.5 Å². The molecule has 4 saturated carbocycles. The topological polar surface area (TPSA) is 16.1 Å². The first-order valence-corrected chi connectivity index (χ1v) is 12.2. The van der Waals surface area contributed by atoms with Crippen LogP contribution in [0.4, 0.5) is 5.69 Å². The number of aromatic nitrogens is 1. The van der Waals surface area contributed by atoms with E-state index in [1.807, 2.05) is 17.5 Å². The van der Waals surface area contributed by atoms with Crippen molar-refractivity contribution < 1.29 is 0 Å². The lowest BCUT2D eigenvalue weighted by atomic mass is 9.47. The van der Waals surface area contributed by atoms with Crippen LogP contribution in [0.3, 0.4) is 0 Å². The van der Waals surface area contributed by atoms with Crippen LogP contribution in [0.15, 0.2) is 42.6 Å². The molecule has 1 atom stereocenters. The van der Waals surface area contributed by atoms with Crippen LogP contribution in [0.25, 0.3) is 10.2 Å². The molecule has 1 aromatic carbocycles. The van der Waals surface area contributed by atoms with E-state index in [9.17, 15) is 0 Å². The number of benzene rings is 1. The molecule has 0 unspecified atom stereocenters. The van der Waals surface area contributed by atoms with Crippen molar-refractivity contribution in [3.63, 3.8) is 0 Å². The lowest BCUT2D eigenvalue weighted by Gasteiger charge is -2.64. The molecule has 1 aliphatic heterocycles. The first kappa shape index (κ1) is 16.9. The molecule has 2 aromatic heterocycles. The van der Waals surface area contributed by atoms with E-state index in [1.54, 1.807) is 10.4 Å². The Morgan fingerprint density at radius 1 is 0.966 bits per heavy atom. The number of aryl methyl sites for hydroxylation is 1. The largest absolute Gasteiger partial charge is 0.353 e. The molecule has 29 heavy (non-hydrogen) atoms. The second kappa shape index (κ2) is 5.63. The van der Waals surface area contributed by atoms with Crippen molar-refractivity contribution in [1.29, 1.82) is 0 Å². The van der Waals surface area contributed by atoms with E-state index in [4.69, 9.17) is 4.98 Å². The monoisotopic (exact) mass is 400 g/mol. The maximum absolute atomic E-state index is 4.79. The number of thiophene rings is 1. The fraction of sp³-hybridized carbons (Fsp3) is 0.500. The number of rotatable bonds is 1. The van der Waals surface area contributed by atoms with E-state index in [-0.39, 0.29) is 5.54 Å². The normalized spacial score (nSPS) is 37.0. The number of fused-ring (bicyclic) bond motifs is 3. The highest BCUT2D eigenvalue weighted by atomic mass is 32.1. The fourth-order valence-corrected chi connectivity index (χ4v) is 9.42. The zero-order valence-corrected chi connectivity index (χ0v) is 18.1. The third kappa shape index (κ3) is 1.96. The van der Waals surface area contributed by atoms with Crippen molar-refractivity contribution >= 4 is 27.2 Å². The van der Waals surface area contributed by atoms with E-state index in [0.717, 1.165) is 23.7 Å². The van der Waals surface area contributed by atoms with Gasteiger partial charge in [-0.25, -0.2) is 4.98 Å². The Morgan fingerprint density at radius 3 is 2.41 bits per heavy atom. The second-order valence-electron chi connectivity index (χ2n) is 10.2.